The number of hydrogen-bond donors (Lipinski definition) is 0. The largest absolute Gasteiger partial charge is 0.330 e. The first-order valence-electron chi connectivity index (χ1n) is 12.0. The molecule has 3 aromatic rings. The summed E-state index contributed by atoms with van der Waals surface area (Å²) in [7, 11) is 0. The number of benzene rings is 2. The second-order valence-corrected chi connectivity index (χ2v) is 9.84. The Morgan fingerprint density at radius 2 is 1.89 bits per heavy atom. The number of hydrogen-bond acceptors (Lipinski definition) is 5. The lowest BCUT2D eigenvalue weighted by molar-refractivity contribution is -0.384. The van der Waals surface area contributed by atoms with Gasteiger partial charge in [-0.3, -0.25) is 19.7 Å². The number of nitro groups is 1. The summed E-state index contributed by atoms with van der Waals surface area (Å²) >= 11 is 1.73. The quantitative estimate of drug-likeness (QED) is 0.234. The van der Waals surface area contributed by atoms with Crippen molar-refractivity contribution in [3.63, 3.8) is 0 Å². The molecule has 0 aliphatic carbocycles. The molecule has 2 amide bonds. The van der Waals surface area contributed by atoms with E-state index in [0.717, 1.165) is 24.0 Å². The van der Waals surface area contributed by atoms with Crippen LogP contribution in [0.2, 0.25) is 0 Å². The molecule has 0 fully saturated rings. The van der Waals surface area contributed by atoms with Gasteiger partial charge in [0.15, 0.2) is 0 Å². The molecule has 0 N–H and O–H groups in total. The zero-order valence-corrected chi connectivity index (χ0v) is 21.2. The Balaban J connectivity index is 1.53. The van der Waals surface area contributed by atoms with Crippen LogP contribution in [-0.4, -0.2) is 46.2 Å². The minimum absolute atomic E-state index is 0.000867. The Bertz CT molecular complexity index is 1280. The van der Waals surface area contributed by atoms with Crippen LogP contribution in [0.4, 0.5) is 5.69 Å². The van der Waals surface area contributed by atoms with Crippen molar-refractivity contribution in [1.29, 1.82) is 0 Å². The molecule has 186 valence electrons. The fraction of sp³-hybridized carbons (Fsp3) is 0.286. The van der Waals surface area contributed by atoms with E-state index in [0.29, 0.717) is 18.7 Å². The average molecular weight is 504 g/mol. The molecule has 2 heterocycles. The zero-order valence-electron chi connectivity index (χ0n) is 20.4. The molecule has 8 heteroatoms. The van der Waals surface area contributed by atoms with Crippen molar-refractivity contribution in [2.75, 3.05) is 19.6 Å². The van der Waals surface area contributed by atoms with Crippen LogP contribution in [0.1, 0.15) is 46.5 Å². The summed E-state index contributed by atoms with van der Waals surface area (Å²) < 4.78 is 0. The summed E-state index contributed by atoms with van der Waals surface area (Å²) in [6.07, 6.45) is 4.58. The molecule has 1 unspecified atom stereocenters. The van der Waals surface area contributed by atoms with Crippen LogP contribution in [-0.2, 0) is 16.0 Å². The van der Waals surface area contributed by atoms with Gasteiger partial charge in [0.25, 0.3) is 5.69 Å². The van der Waals surface area contributed by atoms with Gasteiger partial charge in [-0.15, -0.1) is 11.3 Å². The highest BCUT2D eigenvalue weighted by molar-refractivity contribution is 7.10. The molecule has 0 bridgehead atoms. The van der Waals surface area contributed by atoms with Gasteiger partial charge >= 0.3 is 0 Å². The number of carbonyl (C=O) groups is 2. The van der Waals surface area contributed by atoms with Crippen molar-refractivity contribution >= 4 is 34.9 Å². The highest BCUT2D eigenvalue weighted by Crippen LogP contribution is 2.39. The van der Waals surface area contributed by atoms with Crippen LogP contribution in [0, 0.1) is 17.0 Å². The van der Waals surface area contributed by atoms with E-state index in [4.69, 9.17) is 0 Å². The fourth-order valence-electron chi connectivity index (χ4n) is 4.59. The van der Waals surface area contributed by atoms with Crippen molar-refractivity contribution in [3.8, 4) is 0 Å². The molecule has 1 aromatic heterocycles. The van der Waals surface area contributed by atoms with Crippen LogP contribution in [0.3, 0.4) is 0 Å². The molecule has 7 nitrogen and oxygen atoms in total. The third kappa shape index (κ3) is 5.54. The van der Waals surface area contributed by atoms with E-state index in [9.17, 15) is 19.7 Å². The number of non-ortho nitro benzene ring substituents is 1. The molecule has 0 spiro atoms. The first kappa shape index (κ1) is 25.3. The fourth-order valence-corrected chi connectivity index (χ4v) is 5.49. The topological polar surface area (TPSA) is 83.8 Å². The number of aryl methyl sites for hydroxylation is 1. The Kier molecular flexibility index (Phi) is 7.95. The predicted octanol–water partition coefficient (Wildman–Crippen LogP) is 5.39. The van der Waals surface area contributed by atoms with E-state index in [2.05, 4.69) is 30.5 Å². The van der Waals surface area contributed by atoms with Crippen molar-refractivity contribution in [3.05, 3.63) is 103 Å². The first-order chi connectivity index (χ1) is 17.4. The SMILES string of the molecule is CCCN(CC(=O)N1CCc2sccc2C1c1ccccc1C)C(=O)/C=C/c1ccc([N+](=O)[O-])cc1. The van der Waals surface area contributed by atoms with E-state index < -0.39 is 4.92 Å². The molecule has 0 radical (unpaired) electrons. The molecular weight excluding hydrogens is 474 g/mol. The summed E-state index contributed by atoms with van der Waals surface area (Å²) in [5.74, 6) is -0.338. The molecule has 1 aliphatic heterocycles. The second-order valence-electron chi connectivity index (χ2n) is 8.84. The minimum Gasteiger partial charge on any atom is -0.330 e. The lowest BCUT2D eigenvalue weighted by Crippen LogP contribution is -2.46. The molecule has 36 heavy (non-hydrogen) atoms. The second kappa shape index (κ2) is 11.3. The zero-order chi connectivity index (χ0) is 25.7. The first-order valence-corrected chi connectivity index (χ1v) is 12.9. The highest BCUT2D eigenvalue weighted by atomic mass is 32.1. The Morgan fingerprint density at radius 1 is 1.14 bits per heavy atom. The predicted molar refractivity (Wildman–Crippen MR) is 142 cm³/mol. The third-order valence-electron chi connectivity index (χ3n) is 6.42. The van der Waals surface area contributed by atoms with Gasteiger partial charge in [-0.05, 0) is 71.7 Å². The molecular formula is C28H29N3O4S. The maximum atomic E-state index is 13.6. The summed E-state index contributed by atoms with van der Waals surface area (Å²) in [5, 5.41) is 12.9. The molecule has 4 rings (SSSR count). The van der Waals surface area contributed by atoms with Crippen LogP contribution in [0.15, 0.2) is 66.1 Å². The van der Waals surface area contributed by atoms with Crippen LogP contribution < -0.4 is 0 Å². The number of nitro benzene ring substituents is 1. The molecule has 2 aromatic carbocycles. The van der Waals surface area contributed by atoms with Crippen LogP contribution in [0.5, 0.6) is 0 Å². The molecule has 1 aliphatic rings. The van der Waals surface area contributed by atoms with E-state index in [-0.39, 0.29) is 30.1 Å². The van der Waals surface area contributed by atoms with Crippen molar-refractivity contribution in [2.45, 2.75) is 32.7 Å². The Hall–Kier alpha value is -3.78. The van der Waals surface area contributed by atoms with E-state index in [1.165, 1.54) is 28.6 Å². The molecule has 1 atom stereocenters. The molecule has 0 saturated heterocycles. The van der Waals surface area contributed by atoms with Crippen molar-refractivity contribution in [2.24, 2.45) is 0 Å². The molecule has 0 saturated carbocycles. The number of rotatable bonds is 8. The van der Waals surface area contributed by atoms with Crippen molar-refractivity contribution < 1.29 is 14.5 Å². The Labute approximate surface area is 214 Å². The normalized spacial score (nSPS) is 15.1. The van der Waals surface area contributed by atoms with E-state index >= 15 is 0 Å². The lowest BCUT2D eigenvalue weighted by atomic mass is 9.90. The summed E-state index contributed by atoms with van der Waals surface area (Å²) in [4.78, 5) is 41.8. The number of fused-ring (bicyclic) bond motifs is 1. The van der Waals surface area contributed by atoms with E-state index in [1.54, 1.807) is 34.4 Å². The average Bonchev–Trinajstić information content (AvgIpc) is 3.36. The standard InChI is InChI=1S/C28H29N3O4S/c1-3-16-29(26(32)13-10-21-8-11-22(12-9-21)31(34)35)19-27(33)30-17-14-25-24(15-18-36-25)28(30)23-7-5-4-6-20(23)2/h4-13,15,18,28H,3,14,16-17,19H2,1-2H3/b13-10+. The summed E-state index contributed by atoms with van der Waals surface area (Å²) in [5.41, 5.74) is 4.08. The summed E-state index contributed by atoms with van der Waals surface area (Å²) in [6.45, 7) is 5.10. The maximum absolute atomic E-state index is 13.6. The van der Waals surface area contributed by atoms with Gasteiger partial charge in [0.1, 0.15) is 6.54 Å². The van der Waals surface area contributed by atoms with E-state index in [1.807, 2.05) is 24.0 Å². The number of amides is 2. The minimum atomic E-state index is -0.461. The van der Waals surface area contributed by atoms with Crippen LogP contribution in [0.25, 0.3) is 6.08 Å². The van der Waals surface area contributed by atoms with Gasteiger partial charge in [-0.2, -0.15) is 0 Å². The Morgan fingerprint density at radius 3 is 2.58 bits per heavy atom. The van der Waals surface area contributed by atoms with Gasteiger partial charge < -0.3 is 9.80 Å². The highest BCUT2D eigenvalue weighted by Gasteiger charge is 2.34. The number of carbonyl (C=O) groups excluding carboxylic acids is 2. The van der Waals surface area contributed by atoms with Gasteiger partial charge in [0, 0.05) is 36.2 Å². The summed E-state index contributed by atoms with van der Waals surface area (Å²) in [6, 6.07) is 16.1. The number of nitrogens with zero attached hydrogens (tertiary/aromatic N) is 3. The smallest absolute Gasteiger partial charge is 0.269 e. The van der Waals surface area contributed by atoms with Gasteiger partial charge in [0.2, 0.25) is 11.8 Å². The monoisotopic (exact) mass is 503 g/mol. The van der Waals surface area contributed by atoms with Gasteiger partial charge in [-0.25, -0.2) is 0 Å². The third-order valence-corrected chi connectivity index (χ3v) is 7.42. The van der Waals surface area contributed by atoms with Gasteiger partial charge in [-0.1, -0.05) is 31.2 Å². The van der Waals surface area contributed by atoms with Crippen molar-refractivity contribution in [1.82, 2.24) is 9.80 Å². The number of thiophene rings is 1. The van der Waals surface area contributed by atoms with Crippen LogP contribution >= 0.6 is 11.3 Å². The maximum Gasteiger partial charge on any atom is 0.269 e. The lowest BCUT2D eigenvalue weighted by Gasteiger charge is -2.38. The van der Waals surface area contributed by atoms with Gasteiger partial charge in [0.05, 0.1) is 11.0 Å².